The zero-order chi connectivity index (χ0) is 41.2. The van der Waals surface area contributed by atoms with E-state index in [0.29, 0.717) is 118 Å². The van der Waals surface area contributed by atoms with E-state index in [1.165, 1.54) is 22.7 Å². The van der Waals surface area contributed by atoms with Gasteiger partial charge in [-0.15, -0.1) is 45.3 Å². The molecular weight excluding hydrogens is 872 g/mol. The van der Waals surface area contributed by atoms with Crippen LogP contribution >= 0.6 is 45.3 Å². The van der Waals surface area contributed by atoms with Crippen molar-refractivity contribution in [1.29, 1.82) is 0 Å². The quantitative estimate of drug-likeness (QED) is 0.0840. The Morgan fingerprint density at radius 3 is 1.18 bits per heavy atom. The van der Waals surface area contributed by atoms with Crippen molar-refractivity contribution in [2.45, 2.75) is 37.3 Å². The van der Waals surface area contributed by atoms with Gasteiger partial charge in [-0.2, -0.15) is 0 Å². The minimum atomic E-state index is -0.629. The first-order valence-electron chi connectivity index (χ1n) is 19.8. The Balaban J connectivity index is 0.000000184. The van der Waals surface area contributed by atoms with Crippen molar-refractivity contribution >= 4 is 45.3 Å². The number of epoxide rings is 2. The van der Waals surface area contributed by atoms with Crippen molar-refractivity contribution in [3.63, 3.8) is 0 Å². The van der Waals surface area contributed by atoms with E-state index in [-0.39, 0.29) is 33.5 Å². The van der Waals surface area contributed by atoms with Crippen LogP contribution in [0.4, 0.5) is 0 Å². The van der Waals surface area contributed by atoms with E-state index in [1.54, 1.807) is 22.7 Å². The normalized spacial score (nSPS) is 19.2. The van der Waals surface area contributed by atoms with Gasteiger partial charge in [-0.05, 0) is 0 Å². The van der Waals surface area contributed by atoms with Crippen LogP contribution in [0.3, 0.4) is 0 Å². The number of hydrogen-bond acceptors (Lipinski definition) is 20. The zero-order valence-corrected chi connectivity index (χ0v) is 37.4. The molecule has 61 heavy (non-hydrogen) atoms. The zero-order valence-electron chi connectivity index (χ0n) is 35.2. The van der Waals surface area contributed by atoms with Crippen molar-refractivity contribution in [2.24, 2.45) is 0 Å². The minimum absolute atomic E-state index is 0. The summed E-state index contributed by atoms with van der Waals surface area (Å²) < 4.78 is 74.7. The Morgan fingerprint density at radius 1 is 0.492 bits per heavy atom. The molecular formula is C40H53LiO16S4. The molecule has 4 unspecified atom stereocenters. The Kier molecular flexibility index (Phi) is 20.7. The second-order valence-electron chi connectivity index (χ2n) is 13.6. The van der Waals surface area contributed by atoms with Crippen molar-refractivity contribution in [1.82, 2.24) is 0 Å². The van der Waals surface area contributed by atoms with Crippen LogP contribution in [0.15, 0.2) is 32.3 Å². The summed E-state index contributed by atoms with van der Waals surface area (Å²) in [7, 11) is 0. The van der Waals surface area contributed by atoms with Gasteiger partial charge in [0, 0.05) is 45.1 Å². The van der Waals surface area contributed by atoms with Crippen molar-refractivity contribution in [2.75, 3.05) is 119 Å². The SMILES string of the molecule is C(COCC1CO1)OCC1CO1.OC(COCCOCC(O)Cc1scc2c1OCCO2)Cc1scc2c1OCCO2.[H-].[Li+].c1scc2c1OCCO2.c1scc2c1OCCO2. The van der Waals surface area contributed by atoms with Crippen molar-refractivity contribution in [3.05, 3.63) is 42.0 Å². The molecule has 2 N–H and O–H groups in total. The summed E-state index contributed by atoms with van der Waals surface area (Å²) in [6, 6.07) is 0. The van der Waals surface area contributed by atoms with Crippen LogP contribution in [0.25, 0.3) is 0 Å². The molecule has 0 bridgehead atoms. The van der Waals surface area contributed by atoms with Gasteiger partial charge < -0.3 is 78.0 Å². The molecule has 10 rings (SSSR count). The number of aliphatic hydroxyl groups excluding tert-OH is 2. The third-order valence-corrected chi connectivity index (χ3v) is 12.1. The van der Waals surface area contributed by atoms with Gasteiger partial charge in [0.2, 0.25) is 0 Å². The molecule has 6 aliphatic rings. The Hall–Kier alpha value is -2.52. The summed E-state index contributed by atoms with van der Waals surface area (Å²) in [6.07, 6.45) is 0.375. The molecule has 2 fully saturated rings. The summed E-state index contributed by atoms with van der Waals surface area (Å²) in [6.45, 7) is 10.5. The molecule has 2 saturated heterocycles. The van der Waals surface area contributed by atoms with Gasteiger partial charge in [-0.3, -0.25) is 0 Å². The molecule has 4 aromatic heterocycles. The van der Waals surface area contributed by atoms with Crippen LogP contribution in [-0.2, 0) is 41.3 Å². The molecule has 4 aromatic rings. The van der Waals surface area contributed by atoms with E-state index in [9.17, 15) is 10.2 Å². The van der Waals surface area contributed by atoms with Gasteiger partial charge in [0.15, 0.2) is 46.0 Å². The second kappa shape index (κ2) is 26.3. The fraction of sp³-hybridized carbons (Fsp3) is 0.600. The third kappa shape index (κ3) is 16.5. The van der Waals surface area contributed by atoms with E-state index in [4.69, 9.17) is 66.3 Å². The largest absolute Gasteiger partial charge is 1.00 e. The summed E-state index contributed by atoms with van der Waals surface area (Å²) in [5, 5.41) is 32.0. The molecule has 334 valence electrons. The summed E-state index contributed by atoms with van der Waals surface area (Å²) in [5.41, 5.74) is 0. The smallest absolute Gasteiger partial charge is 1.00 e. The third-order valence-electron chi connectivity index (χ3n) is 8.75. The molecule has 4 atom stereocenters. The average molecular weight is 925 g/mol. The molecule has 0 amide bonds. The second-order valence-corrected chi connectivity index (χ2v) is 17.0. The molecule has 16 nitrogen and oxygen atoms in total. The number of ether oxygens (including phenoxy) is 14. The average Bonchev–Trinajstić information content (AvgIpc) is 4.05. The van der Waals surface area contributed by atoms with E-state index in [1.807, 2.05) is 32.3 Å². The number of aliphatic hydroxyl groups is 2. The van der Waals surface area contributed by atoms with E-state index >= 15 is 0 Å². The van der Waals surface area contributed by atoms with Crippen LogP contribution in [-0.4, -0.2) is 154 Å². The van der Waals surface area contributed by atoms with Crippen molar-refractivity contribution in [3.8, 4) is 46.0 Å². The van der Waals surface area contributed by atoms with E-state index in [2.05, 4.69) is 0 Å². The van der Waals surface area contributed by atoms with E-state index in [0.717, 1.165) is 69.0 Å². The number of thiophene rings is 4. The van der Waals surface area contributed by atoms with Crippen LogP contribution in [0.1, 0.15) is 11.2 Å². The fourth-order valence-electron chi connectivity index (χ4n) is 5.67. The van der Waals surface area contributed by atoms with Gasteiger partial charge in [0.25, 0.3) is 0 Å². The van der Waals surface area contributed by atoms with Crippen LogP contribution in [0.5, 0.6) is 46.0 Å². The maximum Gasteiger partial charge on any atom is 1.00 e. The maximum atomic E-state index is 10.2. The molecule has 0 aliphatic carbocycles. The molecule has 6 aliphatic heterocycles. The standard InChI is InChI=1S/C20H26O8S2.C8H14O4.2C6H6O2S.Li.H/c21-13(7-17-19-15(11-29-17)25-3-5-27-19)9-23-1-2-24-10-14(22)8-18-20-16(12-30-18)26-4-6-28-20;1(9-3-7-5-11-7)2-10-4-8-6-12-8;2*1-2-8-6-4-9-3-5(6)7-1;;/h11-14,21-22H,1-10H2;7-8H,1-6H2;2*3-4H,1-2H2;;/q;;;;+1;-1. The first-order valence-corrected chi connectivity index (χ1v) is 23.5. The Morgan fingerprint density at radius 2 is 0.820 bits per heavy atom. The Labute approximate surface area is 384 Å². The van der Waals surface area contributed by atoms with E-state index < -0.39 is 12.2 Å². The first kappa shape index (κ1) is 47.9. The van der Waals surface area contributed by atoms with Gasteiger partial charge >= 0.3 is 18.9 Å². The maximum absolute atomic E-state index is 10.2. The molecule has 10 heterocycles. The number of hydrogen-bond donors (Lipinski definition) is 2. The molecule has 21 heteroatoms. The fourth-order valence-corrected chi connectivity index (χ4v) is 8.99. The summed E-state index contributed by atoms with van der Waals surface area (Å²) in [5.74, 6) is 6.57. The summed E-state index contributed by atoms with van der Waals surface area (Å²) >= 11 is 6.25. The molecule has 0 saturated carbocycles. The first-order chi connectivity index (χ1) is 29.6. The number of rotatable bonds is 18. The predicted octanol–water partition coefficient (Wildman–Crippen LogP) is 1.86. The van der Waals surface area contributed by atoms with Crippen LogP contribution in [0.2, 0.25) is 0 Å². The molecule has 0 spiro atoms. The van der Waals surface area contributed by atoms with Crippen molar-refractivity contribution < 1.29 is 96.8 Å². The van der Waals surface area contributed by atoms with Gasteiger partial charge in [-0.25, -0.2) is 0 Å². The topological polar surface area (TPSA) is 176 Å². The van der Waals surface area contributed by atoms with Crippen LogP contribution in [0, 0.1) is 0 Å². The van der Waals surface area contributed by atoms with Crippen LogP contribution < -0.4 is 56.8 Å². The Bertz CT molecular complexity index is 1650. The predicted molar refractivity (Wildman–Crippen MR) is 225 cm³/mol. The van der Waals surface area contributed by atoms with Gasteiger partial charge in [-0.1, -0.05) is 0 Å². The van der Waals surface area contributed by atoms with Gasteiger partial charge in [0.05, 0.1) is 88.0 Å². The molecule has 0 aromatic carbocycles. The monoisotopic (exact) mass is 924 g/mol. The molecule has 0 radical (unpaired) electrons. The number of fused-ring (bicyclic) bond motifs is 4. The summed E-state index contributed by atoms with van der Waals surface area (Å²) in [4.78, 5) is 1.93. The minimum Gasteiger partial charge on any atom is -1.00 e. The van der Waals surface area contributed by atoms with Gasteiger partial charge in [0.1, 0.15) is 65.1 Å².